The van der Waals surface area contributed by atoms with Gasteiger partial charge in [-0.1, -0.05) is 96.8 Å². The molecule has 0 bridgehead atoms. The molecule has 0 aromatic carbocycles. The molecular weight excluding hydrogens is 382 g/mol. The summed E-state index contributed by atoms with van der Waals surface area (Å²) < 4.78 is 0. The predicted octanol–water partition coefficient (Wildman–Crippen LogP) is 3.75. The van der Waals surface area contributed by atoms with Gasteiger partial charge in [-0.3, -0.25) is 4.99 Å². The lowest BCUT2D eigenvalue weighted by atomic mass is 10.0. The molecule has 0 aromatic rings. The lowest BCUT2D eigenvalue weighted by molar-refractivity contribution is -0.112. The quantitative estimate of drug-likeness (QED) is 0.132. The molecular formula is C24H49NO5. The second kappa shape index (κ2) is 21.7. The van der Waals surface area contributed by atoms with Crippen molar-refractivity contribution in [1.29, 1.82) is 0 Å². The Morgan fingerprint density at radius 3 is 1.43 bits per heavy atom. The van der Waals surface area contributed by atoms with Crippen molar-refractivity contribution in [1.82, 2.24) is 0 Å². The van der Waals surface area contributed by atoms with Crippen LogP contribution >= 0.6 is 0 Å². The van der Waals surface area contributed by atoms with Crippen molar-refractivity contribution >= 4 is 6.21 Å². The number of unbranched alkanes of at least 4 members (excludes halogenated alkanes) is 15. The number of aliphatic hydroxyl groups is 5. The van der Waals surface area contributed by atoms with Crippen LogP contribution in [0.2, 0.25) is 0 Å². The minimum atomic E-state index is -1.59. The summed E-state index contributed by atoms with van der Waals surface area (Å²) in [5, 5.41) is 47.0. The summed E-state index contributed by atoms with van der Waals surface area (Å²) in [5.41, 5.74) is 0. The average Bonchev–Trinajstić information content (AvgIpc) is 2.76. The van der Waals surface area contributed by atoms with Crippen molar-refractivity contribution in [2.75, 3.05) is 13.2 Å². The zero-order valence-electron chi connectivity index (χ0n) is 19.3. The maximum Gasteiger partial charge on any atom is 0.111 e. The normalized spacial score (nSPS) is 16.1. The zero-order valence-corrected chi connectivity index (χ0v) is 19.3. The molecule has 6 heteroatoms. The number of aliphatic imine (C=N–C) groups is 1. The van der Waals surface area contributed by atoms with Gasteiger partial charge in [0.2, 0.25) is 0 Å². The largest absolute Gasteiger partial charge is 0.394 e. The molecule has 0 aliphatic heterocycles. The summed E-state index contributed by atoms with van der Waals surface area (Å²) in [7, 11) is 0. The van der Waals surface area contributed by atoms with Gasteiger partial charge in [0.25, 0.3) is 0 Å². The van der Waals surface area contributed by atoms with Gasteiger partial charge in [0.1, 0.15) is 24.4 Å². The average molecular weight is 432 g/mol. The maximum atomic E-state index is 9.75. The van der Waals surface area contributed by atoms with Crippen molar-refractivity contribution in [3.8, 4) is 0 Å². The van der Waals surface area contributed by atoms with Crippen molar-refractivity contribution in [2.45, 2.75) is 134 Å². The molecule has 0 heterocycles. The lowest BCUT2D eigenvalue weighted by Gasteiger charge is -2.24. The van der Waals surface area contributed by atoms with Gasteiger partial charge in [-0.25, -0.2) is 0 Å². The fraction of sp³-hybridized carbons (Fsp3) is 0.958. The summed E-state index contributed by atoms with van der Waals surface area (Å²) in [6.45, 7) is 1.56. The first-order valence-corrected chi connectivity index (χ1v) is 12.4. The first-order chi connectivity index (χ1) is 14.5. The van der Waals surface area contributed by atoms with Crippen LogP contribution in [-0.2, 0) is 0 Å². The van der Waals surface area contributed by atoms with Crippen LogP contribution in [0.4, 0.5) is 0 Å². The Hall–Kier alpha value is -0.530. The van der Waals surface area contributed by atoms with Gasteiger partial charge in [-0.15, -0.1) is 0 Å². The molecule has 0 aliphatic carbocycles. The van der Waals surface area contributed by atoms with E-state index in [1.165, 1.54) is 89.9 Å². The van der Waals surface area contributed by atoms with E-state index in [0.717, 1.165) is 12.8 Å². The van der Waals surface area contributed by atoms with Crippen molar-refractivity contribution in [3.05, 3.63) is 0 Å². The summed E-state index contributed by atoms with van der Waals surface area (Å²) in [6, 6.07) is 0. The van der Waals surface area contributed by atoms with Crippen LogP contribution < -0.4 is 0 Å². The number of rotatable bonds is 22. The summed E-state index contributed by atoms with van der Waals surface area (Å²) in [5.74, 6) is 0. The van der Waals surface area contributed by atoms with Gasteiger partial charge in [-0.2, -0.15) is 0 Å². The molecule has 4 atom stereocenters. The molecule has 0 aliphatic rings. The van der Waals surface area contributed by atoms with Gasteiger partial charge < -0.3 is 25.5 Å². The van der Waals surface area contributed by atoms with E-state index in [1.807, 2.05) is 0 Å². The van der Waals surface area contributed by atoms with Gasteiger partial charge in [0.05, 0.1) is 13.2 Å². The topological polar surface area (TPSA) is 114 Å². The Morgan fingerprint density at radius 2 is 1.00 bits per heavy atom. The first kappa shape index (κ1) is 29.5. The molecule has 0 fully saturated rings. The third kappa shape index (κ3) is 17.2. The Kier molecular flexibility index (Phi) is 21.3. The Labute approximate surface area is 184 Å². The van der Waals surface area contributed by atoms with E-state index in [4.69, 9.17) is 5.11 Å². The van der Waals surface area contributed by atoms with Crippen molar-refractivity contribution in [3.63, 3.8) is 0 Å². The first-order valence-electron chi connectivity index (χ1n) is 12.4. The predicted molar refractivity (Wildman–Crippen MR) is 124 cm³/mol. The maximum absolute atomic E-state index is 9.75. The van der Waals surface area contributed by atoms with Crippen LogP contribution in [0.25, 0.3) is 0 Å². The monoisotopic (exact) mass is 431 g/mol. The number of hydrogen-bond acceptors (Lipinski definition) is 6. The smallest absolute Gasteiger partial charge is 0.111 e. The Morgan fingerprint density at radius 1 is 0.600 bits per heavy atom. The van der Waals surface area contributed by atoms with E-state index in [1.54, 1.807) is 6.21 Å². The molecule has 0 saturated heterocycles. The van der Waals surface area contributed by atoms with E-state index >= 15 is 0 Å². The van der Waals surface area contributed by atoms with Gasteiger partial charge >= 0.3 is 0 Å². The minimum absolute atomic E-state index is 0.0326. The molecule has 0 aromatic heterocycles. The number of nitrogens with zero attached hydrogens (tertiary/aromatic N) is 1. The fourth-order valence-corrected chi connectivity index (χ4v) is 3.55. The molecule has 0 saturated carbocycles. The number of hydrogen-bond donors (Lipinski definition) is 5. The third-order valence-corrected chi connectivity index (χ3v) is 5.68. The van der Waals surface area contributed by atoms with E-state index in [-0.39, 0.29) is 6.54 Å². The van der Waals surface area contributed by atoms with Crippen LogP contribution in [0.3, 0.4) is 0 Å². The van der Waals surface area contributed by atoms with Gasteiger partial charge in [-0.05, 0) is 19.1 Å². The SMILES string of the molecule is CCCCCCCCCCCCCCCCCC=NC[C@H](O)[C@@H](O)[C@H](O)[C@H](O)CO. The second-order valence-corrected chi connectivity index (χ2v) is 8.58. The molecule has 0 amide bonds. The van der Waals surface area contributed by atoms with Gasteiger partial charge in [0.15, 0.2) is 0 Å². The highest BCUT2D eigenvalue weighted by molar-refractivity contribution is 5.56. The second-order valence-electron chi connectivity index (χ2n) is 8.58. The molecule has 0 rings (SSSR count). The third-order valence-electron chi connectivity index (χ3n) is 5.68. The Balaban J connectivity index is 3.39. The lowest BCUT2D eigenvalue weighted by Crippen LogP contribution is -2.46. The van der Waals surface area contributed by atoms with Crippen LogP contribution in [0.15, 0.2) is 4.99 Å². The molecule has 180 valence electrons. The highest BCUT2D eigenvalue weighted by Gasteiger charge is 2.29. The van der Waals surface area contributed by atoms with Crippen LogP contribution in [0.1, 0.15) is 110 Å². The molecule has 6 nitrogen and oxygen atoms in total. The molecule has 0 radical (unpaired) electrons. The summed E-state index contributed by atoms with van der Waals surface area (Å²) in [4.78, 5) is 4.07. The molecule has 0 spiro atoms. The zero-order chi connectivity index (χ0) is 22.5. The highest BCUT2D eigenvalue weighted by Crippen LogP contribution is 2.13. The van der Waals surface area contributed by atoms with E-state index in [2.05, 4.69) is 11.9 Å². The number of aliphatic hydroxyl groups excluding tert-OH is 5. The highest BCUT2D eigenvalue weighted by atomic mass is 16.4. The van der Waals surface area contributed by atoms with Crippen LogP contribution in [-0.4, -0.2) is 69.3 Å². The van der Waals surface area contributed by atoms with Crippen molar-refractivity contribution in [2.24, 2.45) is 4.99 Å². The van der Waals surface area contributed by atoms with E-state index in [0.29, 0.717) is 0 Å². The summed E-state index contributed by atoms with van der Waals surface area (Å²) >= 11 is 0. The fourth-order valence-electron chi connectivity index (χ4n) is 3.55. The van der Waals surface area contributed by atoms with E-state index in [9.17, 15) is 20.4 Å². The van der Waals surface area contributed by atoms with Gasteiger partial charge in [0, 0.05) is 0 Å². The van der Waals surface area contributed by atoms with E-state index < -0.39 is 31.0 Å². The Bertz CT molecular complexity index is 381. The molecule has 0 unspecified atom stereocenters. The van der Waals surface area contributed by atoms with Crippen molar-refractivity contribution < 1.29 is 25.5 Å². The summed E-state index contributed by atoms with van der Waals surface area (Å²) in [6.07, 6.45) is 16.7. The van der Waals surface area contributed by atoms with Crippen LogP contribution in [0.5, 0.6) is 0 Å². The minimum Gasteiger partial charge on any atom is -0.394 e. The molecule has 30 heavy (non-hydrogen) atoms. The van der Waals surface area contributed by atoms with Crippen LogP contribution in [0, 0.1) is 0 Å². The standard InChI is InChI=1S/C24H49NO5/c1-2-3-4-5-6-7-8-9-10-11-12-13-14-15-16-17-18-25-19-21(27)23(29)24(30)22(28)20-26/h18,21-24,26-30H,2-17,19-20H2,1H3/t21-,22+,23+,24+/m0/s1. The molecule has 5 N–H and O–H groups in total.